The molecule has 2 bridgehead atoms. The summed E-state index contributed by atoms with van der Waals surface area (Å²) in [6.07, 6.45) is -0.942. The first-order chi connectivity index (χ1) is 44.0. The summed E-state index contributed by atoms with van der Waals surface area (Å²) in [5.41, 5.74) is 10.6. The number of guanidine groups is 1. The molecule has 37 heteroatoms. The van der Waals surface area contributed by atoms with E-state index in [1.54, 1.807) is 44.7 Å². The number of fused-ring (bicyclic) bond motifs is 2. The minimum Gasteiger partial charge on any atom is -0.642 e. The third-order valence-electron chi connectivity index (χ3n) is 13.4. The van der Waals surface area contributed by atoms with Gasteiger partial charge in [-0.2, -0.15) is 0 Å². The number of aromatic nitrogens is 2. The van der Waals surface area contributed by atoms with Crippen molar-refractivity contribution >= 4 is 76.7 Å². The smallest absolute Gasteiger partial charge is 0.305 e. The number of unbranched alkanes of at least 4 members (excludes halogenated alkanes) is 2. The summed E-state index contributed by atoms with van der Waals surface area (Å²) in [5.74, 6) is -7.77. The normalized spacial score (nSPS) is 16.7. The maximum absolute atomic E-state index is 14.0. The topological polar surface area (TPSA) is 591 Å². The number of carboxylic acids is 2. The van der Waals surface area contributed by atoms with Crippen LogP contribution >= 0.6 is 0 Å². The van der Waals surface area contributed by atoms with Gasteiger partial charge >= 0.3 is 110 Å². The Hall–Kier alpha value is -8.71. The summed E-state index contributed by atoms with van der Waals surface area (Å²) in [7, 11) is 1.38. The van der Waals surface area contributed by atoms with Crippen molar-refractivity contribution in [2.45, 2.75) is 113 Å². The second kappa shape index (κ2) is 42.4. The molecule has 1 aliphatic heterocycles. The number of carboxylic acid groups (broad SMARTS) is 2. The van der Waals surface area contributed by atoms with Crippen LogP contribution in [0.3, 0.4) is 0 Å². The number of carbonyl (C=O) groups is 10. The first-order valence-corrected chi connectivity index (χ1v) is 29.5. The second-order valence-corrected chi connectivity index (χ2v) is 21.4. The molecule has 36 nitrogen and oxygen atoms in total. The van der Waals surface area contributed by atoms with Crippen molar-refractivity contribution in [2.75, 3.05) is 71.5 Å². The summed E-state index contributed by atoms with van der Waals surface area (Å²) >= 11 is 1.72. The van der Waals surface area contributed by atoms with Crippen LogP contribution in [0.25, 0.3) is 5.32 Å². The Balaban J connectivity index is 0.000000745. The number of pyridine rings is 2. The van der Waals surface area contributed by atoms with Crippen LogP contribution in [0.5, 0.6) is 0 Å². The monoisotopic (exact) mass is 1400 g/mol. The summed E-state index contributed by atoms with van der Waals surface area (Å²) in [6, 6.07) is 6.61. The van der Waals surface area contributed by atoms with E-state index in [2.05, 4.69) is 66.0 Å². The molecular weight excluding hydrogens is 1310 g/mol. The zero-order valence-electron chi connectivity index (χ0n) is 51.1. The zero-order valence-corrected chi connectivity index (χ0v) is 53.0. The summed E-state index contributed by atoms with van der Waals surface area (Å²) in [4.78, 5) is 139. The van der Waals surface area contributed by atoms with E-state index in [0.29, 0.717) is 48.3 Å². The van der Waals surface area contributed by atoms with Crippen LogP contribution in [0.1, 0.15) is 95.4 Å². The van der Waals surface area contributed by atoms with Gasteiger partial charge in [0.15, 0.2) is 5.96 Å². The van der Waals surface area contributed by atoms with Gasteiger partial charge in [0.25, 0.3) is 17.8 Å². The minimum absolute atomic E-state index is 0.0150. The first kappa shape index (κ1) is 80.4. The molecule has 1 aliphatic rings. The molecule has 93 heavy (non-hydrogen) atoms. The van der Waals surface area contributed by atoms with E-state index in [4.69, 9.17) is 42.1 Å². The number of aliphatic carboxylic acids is 2. The molecule has 21 N–H and O–H groups in total. The largest absolute Gasteiger partial charge is 0.642 e. The Kier molecular flexibility index (Phi) is 36.7. The Morgan fingerprint density at radius 2 is 1.45 bits per heavy atom. The maximum atomic E-state index is 14.0. The molecular formula is C56H82N16O20Tc. The van der Waals surface area contributed by atoms with Crippen molar-refractivity contribution in [1.82, 2.24) is 50.2 Å². The minimum atomic E-state index is -1.71. The van der Waals surface area contributed by atoms with Gasteiger partial charge in [0.2, 0.25) is 29.5 Å². The molecule has 0 saturated carbocycles. The van der Waals surface area contributed by atoms with Crippen LogP contribution in [0.15, 0.2) is 71.2 Å². The van der Waals surface area contributed by atoms with Gasteiger partial charge < -0.3 is 105 Å². The molecule has 0 saturated heterocycles. The van der Waals surface area contributed by atoms with E-state index in [0.717, 1.165) is 4.90 Å². The Labute approximate surface area is 543 Å². The number of anilines is 1. The molecule has 3 heterocycles. The number of aliphatic imine (C=N–C) groups is 1. The number of nitrogens with two attached hydrogens (primary N) is 2. The predicted molar refractivity (Wildman–Crippen MR) is 323 cm³/mol. The fourth-order valence-electron chi connectivity index (χ4n) is 8.08. The van der Waals surface area contributed by atoms with Crippen LogP contribution in [0, 0.1) is 5.92 Å². The van der Waals surface area contributed by atoms with E-state index < -0.39 is 147 Å². The molecule has 1 aromatic carbocycles. The number of hydrogen-bond donors (Lipinski definition) is 19. The standard InChI is InChI=1S/C38H52N13O9.C12H18N2O6.C6H12NO5.Tc/c1-21(2)32-37(60)51(3)27(8-7-13-43-38(39)40)36(59)46-20-30(53)48-26(17-31(54)55)35(58)45-18-22-14-24(34(57)49-32)16-25(15-22)47-29(52)9-5-4-6-12-42-33(56)23-10-11-28(50-41)44-19-23;15-6-9(17)11(19)10(18)8(16)5-14-12(20)7-1-3-13-4-2-7;8-2-6(3-9,4-10)7-1-5(11)12;/h10-11,14-16,19,21,26-27,32H,4-9,12-13,17-18,20H2,1-3H3,(H,42,56)(H,45,58)(H,46,59)(H,47,52)(H,48,53)(H,49,57)(H,54,55)(H4,39,40,43);1-4,8-11,15-19H,5-6H2,(H,14,20);8-10H,1-4H2,(H,11,12);/q-1;;-1;+2/t26-,27-,32+;;;/m0.../s1. The number of likely N-dealkylation sites (N-methyl/N-ethyl adjacent to an activating group) is 1. The second-order valence-electron chi connectivity index (χ2n) is 21.0. The molecule has 7 atom stereocenters. The molecule has 8 amide bonds. The predicted octanol–water partition coefficient (Wildman–Crippen LogP) is -5.36. The van der Waals surface area contributed by atoms with E-state index in [1.807, 2.05) is 0 Å². The molecule has 2 aromatic heterocycles. The fourth-order valence-corrected chi connectivity index (χ4v) is 8.27. The molecule has 513 valence electrons. The number of hydrogen-bond acceptors (Lipinski definition) is 22. The summed E-state index contributed by atoms with van der Waals surface area (Å²) < 4.78 is 3.61. The average Bonchev–Trinajstić information content (AvgIpc) is 0.916. The molecule has 4 unspecified atom stereocenters. The molecule has 0 fully saturated rings. The number of carbonyl (C=O) groups excluding carboxylic acids is 8. The zero-order chi connectivity index (χ0) is 69.8. The van der Waals surface area contributed by atoms with Crippen molar-refractivity contribution in [3.63, 3.8) is 0 Å². The molecule has 4 rings (SSSR count). The quantitative estimate of drug-likeness (QED) is 0.0101. The molecule has 0 aliphatic carbocycles. The molecule has 0 spiro atoms. The number of benzene rings is 1. The van der Waals surface area contributed by atoms with Crippen molar-refractivity contribution < 1.29 is 118 Å². The van der Waals surface area contributed by atoms with Gasteiger partial charge in [0, 0.05) is 82.1 Å². The van der Waals surface area contributed by atoms with Crippen molar-refractivity contribution in [2.24, 2.45) is 27.5 Å². The van der Waals surface area contributed by atoms with Gasteiger partial charge in [-0.25, -0.2) is 0 Å². The number of aliphatic hydroxyl groups is 8. The summed E-state index contributed by atoms with van der Waals surface area (Å²) in [5, 5.41) is 115. The maximum Gasteiger partial charge on any atom is 0.305 e. The molecule has 0 radical (unpaired) electrons. The van der Waals surface area contributed by atoms with E-state index in [1.165, 1.54) is 56.0 Å². The van der Waals surface area contributed by atoms with E-state index >= 15 is 0 Å². The Morgan fingerprint density at radius 3 is 2.03 bits per heavy atom. The van der Waals surface area contributed by atoms with Crippen LogP contribution in [0.4, 0.5) is 11.5 Å². The van der Waals surface area contributed by atoms with Gasteiger partial charge in [0.05, 0.1) is 25.7 Å². The van der Waals surface area contributed by atoms with E-state index in [9.17, 15) is 68.4 Å². The number of nitrogens with one attached hydrogen (secondary N) is 7. The van der Waals surface area contributed by atoms with Gasteiger partial charge in [0.1, 0.15) is 36.4 Å². The number of rotatable bonds is 29. The third-order valence-corrected chi connectivity index (χ3v) is 13.6. The number of nitrogens with zero attached hydrogens (tertiary/aromatic N) is 7. The Morgan fingerprint density at radius 1 is 0.806 bits per heavy atom. The van der Waals surface area contributed by atoms with Crippen LogP contribution in [-0.2, 0) is 58.8 Å². The number of aliphatic hydroxyl groups excluding tert-OH is 8. The van der Waals surface area contributed by atoms with Gasteiger partial charge in [-0.05, 0) is 61.2 Å². The van der Waals surface area contributed by atoms with Crippen LogP contribution in [-0.4, -0.2) is 245 Å². The van der Waals surface area contributed by atoms with Crippen LogP contribution in [0.2, 0.25) is 0 Å². The Bertz CT molecular complexity index is 3020. The van der Waals surface area contributed by atoms with Gasteiger partial charge in [-0.1, -0.05) is 19.4 Å². The van der Waals surface area contributed by atoms with Gasteiger partial charge in [-0.3, -0.25) is 53.1 Å². The number of amides is 8. The van der Waals surface area contributed by atoms with Crippen LogP contribution < -0.4 is 52.1 Å². The fraction of sp³-hybridized carbons (Fsp3) is 0.518. The van der Waals surface area contributed by atoms with Crippen molar-refractivity contribution in [1.29, 1.82) is 0 Å². The average molecular weight is 1400 g/mol. The van der Waals surface area contributed by atoms with Crippen molar-refractivity contribution in [3.05, 3.63) is 88.6 Å². The van der Waals surface area contributed by atoms with E-state index in [-0.39, 0.29) is 67.9 Å². The molecule has 3 aromatic rings. The first-order valence-electron chi connectivity index (χ1n) is 28.7. The van der Waals surface area contributed by atoms with Gasteiger partial charge in [-0.15, -0.1) is 0 Å². The SMILES string of the molecule is CC(C)[C@H]1NC(=O)c2cc(cc(NC(=O)CCCCCNC(=O)c3ccc(N=[N+]=[Tc])nc3)c2)CNC(=O)[C@H](CC(=O)O)NC(=O)CNC(=O)[C@H](CCCN=C(N)N)N(C)C1=O.O=C(NCC(O)C(O)C(O)C(O)CO)c1ccncc1.O=C(O)C[N-]C(CO)(CO)CO. The summed E-state index contributed by atoms with van der Waals surface area (Å²) in [6.45, 7) is -0.347. The third kappa shape index (κ3) is 29.6. The van der Waals surface area contributed by atoms with Crippen molar-refractivity contribution in [3.8, 4) is 0 Å².